The Hall–Kier alpha value is -3.67. The van der Waals surface area contributed by atoms with Crippen molar-refractivity contribution in [1.82, 2.24) is 5.32 Å². The van der Waals surface area contributed by atoms with Crippen molar-refractivity contribution >= 4 is 11.6 Å². The van der Waals surface area contributed by atoms with Gasteiger partial charge < -0.3 is 14.9 Å². The van der Waals surface area contributed by atoms with Gasteiger partial charge in [0.05, 0.1) is 5.56 Å². The van der Waals surface area contributed by atoms with Crippen LogP contribution in [0.5, 0.6) is 11.5 Å². The van der Waals surface area contributed by atoms with Crippen molar-refractivity contribution in [3.8, 4) is 22.6 Å². The minimum atomic E-state index is -0.414. The van der Waals surface area contributed by atoms with Crippen molar-refractivity contribution in [2.45, 2.75) is 6.92 Å². The standard InChI is InChI=1S/C23H21FN2O3/c1-15-8-10-16(11-9-15)19-14-17(12-13-20(19)24)29-21-7-5-4-6-18(21)22(26-28-3)23(27)25-2/h4-14H,1-3H3,(H,25,27)/b26-22+. The molecule has 1 amide bonds. The number of hydrogen-bond acceptors (Lipinski definition) is 4. The van der Waals surface area contributed by atoms with Crippen molar-refractivity contribution < 1.29 is 18.8 Å². The van der Waals surface area contributed by atoms with Crippen molar-refractivity contribution in [1.29, 1.82) is 0 Å². The Kier molecular flexibility index (Phi) is 6.24. The molecule has 0 aliphatic heterocycles. The zero-order valence-electron chi connectivity index (χ0n) is 16.4. The molecular weight excluding hydrogens is 371 g/mol. The average molecular weight is 392 g/mol. The maximum absolute atomic E-state index is 14.4. The van der Waals surface area contributed by atoms with Gasteiger partial charge in [-0.05, 0) is 42.8 Å². The maximum atomic E-state index is 14.4. The van der Waals surface area contributed by atoms with E-state index in [1.165, 1.54) is 26.3 Å². The highest BCUT2D eigenvalue weighted by atomic mass is 19.1. The highest BCUT2D eigenvalue weighted by molar-refractivity contribution is 6.45. The molecule has 0 aliphatic carbocycles. The zero-order valence-corrected chi connectivity index (χ0v) is 16.4. The summed E-state index contributed by atoms with van der Waals surface area (Å²) in [5.74, 6) is 0.0697. The van der Waals surface area contributed by atoms with Gasteiger partial charge in [0.25, 0.3) is 5.91 Å². The van der Waals surface area contributed by atoms with E-state index in [1.54, 1.807) is 30.3 Å². The predicted molar refractivity (Wildman–Crippen MR) is 111 cm³/mol. The van der Waals surface area contributed by atoms with Crippen LogP contribution in [0, 0.1) is 12.7 Å². The Labute approximate surface area is 168 Å². The van der Waals surface area contributed by atoms with E-state index in [-0.39, 0.29) is 11.5 Å². The molecule has 3 rings (SSSR count). The fraction of sp³-hybridized carbons (Fsp3) is 0.130. The lowest BCUT2D eigenvalue weighted by atomic mass is 10.0. The van der Waals surface area contributed by atoms with Gasteiger partial charge in [-0.25, -0.2) is 4.39 Å². The first-order valence-electron chi connectivity index (χ1n) is 9.00. The summed E-state index contributed by atoms with van der Waals surface area (Å²) in [6.45, 7) is 1.97. The number of oxime groups is 1. The Morgan fingerprint density at radius 2 is 1.76 bits per heavy atom. The fourth-order valence-electron chi connectivity index (χ4n) is 2.82. The summed E-state index contributed by atoms with van der Waals surface area (Å²) in [4.78, 5) is 17.0. The second kappa shape index (κ2) is 9.01. The van der Waals surface area contributed by atoms with Crippen LogP contribution in [0.25, 0.3) is 11.1 Å². The van der Waals surface area contributed by atoms with Crippen molar-refractivity contribution in [3.63, 3.8) is 0 Å². The molecule has 0 atom stereocenters. The van der Waals surface area contributed by atoms with E-state index >= 15 is 0 Å². The first kappa shape index (κ1) is 20.1. The lowest BCUT2D eigenvalue weighted by Crippen LogP contribution is -2.28. The molecule has 29 heavy (non-hydrogen) atoms. The molecular formula is C23H21FN2O3. The zero-order chi connectivity index (χ0) is 20.8. The molecule has 0 spiro atoms. The van der Waals surface area contributed by atoms with Crippen molar-refractivity contribution in [2.24, 2.45) is 5.16 Å². The molecule has 0 unspecified atom stereocenters. The quantitative estimate of drug-likeness (QED) is 0.489. The Bertz CT molecular complexity index is 1050. The summed E-state index contributed by atoms with van der Waals surface area (Å²) in [6, 6.07) is 19.0. The van der Waals surface area contributed by atoms with E-state index in [9.17, 15) is 9.18 Å². The van der Waals surface area contributed by atoms with Gasteiger partial charge >= 0.3 is 0 Å². The number of likely N-dealkylation sites (N-methyl/N-ethyl adjacent to an activating group) is 1. The number of carbonyl (C=O) groups is 1. The summed E-state index contributed by atoms with van der Waals surface area (Å²) in [5.41, 5.74) is 2.80. The number of ether oxygens (including phenoxy) is 1. The predicted octanol–water partition coefficient (Wildman–Crippen LogP) is 4.69. The second-order valence-electron chi connectivity index (χ2n) is 6.31. The van der Waals surface area contributed by atoms with E-state index in [4.69, 9.17) is 9.57 Å². The topological polar surface area (TPSA) is 59.9 Å². The van der Waals surface area contributed by atoms with E-state index in [2.05, 4.69) is 10.5 Å². The van der Waals surface area contributed by atoms with Gasteiger partial charge in [0.15, 0.2) is 5.71 Å². The van der Waals surface area contributed by atoms with Crippen LogP contribution >= 0.6 is 0 Å². The molecule has 0 fully saturated rings. The van der Waals surface area contributed by atoms with Crippen molar-refractivity contribution in [2.75, 3.05) is 14.2 Å². The van der Waals surface area contributed by atoms with Crippen LogP contribution < -0.4 is 10.1 Å². The molecule has 3 aromatic carbocycles. The second-order valence-corrected chi connectivity index (χ2v) is 6.31. The number of rotatable bonds is 6. The largest absolute Gasteiger partial charge is 0.457 e. The molecule has 0 aromatic heterocycles. The Morgan fingerprint density at radius 1 is 1.03 bits per heavy atom. The molecule has 3 aromatic rings. The molecule has 6 heteroatoms. The summed E-state index contributed by atoms with van der Waals surface area (Å²) < 4.78 is 20.4. The van der Waals surface area contributed by atoms with Gasteiger partial charge in [0.1, 0.15) is 24.4 Å². The van der Waals surface area contributed by atoms with Crippen LogP contribution in [-0.2, 0) is 9.63 Å². The average Bonchev–Trinajstić information content (AvgIpc) is 2.74. The summed E-state index contributed by atoms with van der Waals surface area (Å²) in [5, 5.41) is 6.35. The minimum Gasteiger partial charge on any atom is -0.457 e. The maximum Gasteiger partial charge on any atom is 0.273 e. The highest BCUT2D eigenvalue weighted by Crippen LogP contribution is 2.31. The molecule has 1 N–H and O–H groups in total. The SMILES string of the molecule is CNC(=O)/C(=N/OC)c1ccccc1Oc1ccc(F)c(-c2ccc(C)cc2)c1. The van der Waals surface area contributed by atoms with Crippen LogP contribution in [0.2, 0.25) is 0 Å². The van der Waals surface area contributed by atoms with E-state index < -0.39 is 5.91 Å². The third kappa shape index (κ3) is 4.60. The number of hydrogen-bond donors (Lipinski definition) is 1. The number of carbonyl (C=O) groups excluding carboxylic acids is 1. The van der Waals surface area contributed by atoms with Gasteiger partial charge in [-0.1, -0.05) is 47.1 Å². The number of amides is 1. The first-order chi connectivity index (χ1) is 14.0. The number of halogens is 1. The number of nitrogens with one attached hydrogen (secondary N) is 1. The summed E-state index contributed by atoms with van der Waals surface area (Å²) in [7, 11) is 2.87. The van der Waals surface area contributed by atoms with Crippen LogP contribution in [0.1, 0.15) is 11.1 Å². The van der Waals surface area contributed by atoms with Crippen molar-refractivity contribution in [3.05, 3.63) is 83.7 Å². The molecule has 0 saturated heterocycles. The molecule has 0 radical (unpaired) electrons. The molecule has 148 valence electrons. The normalized spacial score (nSPS) is 11.1. The number of nitrogens with zero attached hydrogens (tertiary/aromatic N) is 1. The van der Waals surface area contributed by atoms with Crippen LogP contribution in [0.3, 0.4) is 0 Å². The van der Waals surface area contributed by atoms with Gasteiger partial charge in [0, 0.05) is 12.6 Å². The smallest absolute Gasteiger partial charge is 0.273 e. The van der Waals surface area contributed by atoms with Gasteiger partial charge in [-0.3, -0.25) is 4.79 Å². The van der Waals surface area contributed by atoms with Gasteiger partial charge in [-0.15, -0.1) is 0 Å². The highest BCUT2D eigenvalue weighted by Gasteiger charge is 2.19. The number of benzene rings is 3. The summed E-state index contributed by atoms with van der Waals surface area (Å²) >= 11 is 0. The molecule has 5 nitrogen and oxygen atoms in total. The van der Waals surface area contributed by atoms with Gasteiger partial charge in [-0.2, -0.15) is 0 Å². The fourth-order valence-corrected chi connectivity index (χ4v) is 2.82. The molecule has 0 heterocycles. The Morgan fingerprint density at radius 3 is 2.45 bits per heavy atom. The molecule has 0 aliphatic rings. The van der Waals surface area contributed by atoms with E-state index in [0.29, 0.717) is 22.6 Å². The van der Waals surface area contributed by atoms with Crippen LogP contribution in [-0.4, -0.2) is 25.8 Å². The third-order valence-corrected chi connectivity index (χ3v) is 4.30. The van der Waals surface area contributed by atoms with Crippen LogP contribution in [0.15, 0.2) is 71.9 Å². The van der Waals surface area contributed by atoms with E-state index in [1.807, 2.05) is 31.2 Å². The van der Waals surface area contributed by atoms with E-state index in [0.717, 1.165) is 11.1 Å². The molecule has 0 bridgehead atoms. The minimum absolute atomic E-state index is 0.0754. The number of aryl methyl sites for hydroxylation is 1. The third-order valence-electron chi connectivity index (χ3n) is 4.30. The first-order valence-corrected chi connectivity index (χ1v) is 9.00. The van der Waals surface area contributed by atoms with Crippen LogP contribution in [0.4, 0.5) is 4.39 Å². The lowest BCUT2D eigenvalue weighted by Gasteiger charge is -2.13. The van der Waals surface area contributed by atoms with Gasteiger partial charge in [0.2, 0.25) is 0 Å². The monoisotopic (exact) mass is 392 g/mol. The lowest BCUT2D eigenvalue weighted by molar-refractivity contribution is -0.114. The Balaban J connectivity index is 1.99. The number of para-hydroxylation sites is 1. The molecule has 0 saturated carbocycles. The summed E-state index contributed by atoms with van der Waals surface area (Å²) in [6.07, 6.45) is 0.